The molecule has 3 atom stereocenters. The van der Waals surface area contributed by atoms with Gasteiger partial charge in [-0.2, -0.15) is 0 Å². The van der Waals surface area contributed by atoms with Crippen molar-refractivity contribution < 1.29 is 13.7 Å². The maximum absolute atomic E-state index is 12.8. The number of aliphatic imine (C=N–C) groups is 1. The molecular weight excluding hydrogens is 344 g/mol. The van der Waals surface area contributed by atoms with Gasteiger partial charge in [-0.3, -0.25) is 14.6 Å². The summed E-state index contributed by atoms with van der Waals surface area (Å²) in [5.74, 6) is -0.837. The highest BCUT2D eigenvalue weighted by Gasteiger charge is 2.61. The van der Waals surface area contributed by atoms with Gasteiger partial charge in [0.1, 0.15) is 0 Å². The second-order valence-electron chi connectivity index (χ2n) is 4.88. The van der Waals surface area contributed by atoms with E-state index in [1.807, 2.05) is 30.3 Å². The minimum absolute atomic E-state index is 0.202. The fraction of sp³-hybridized carbons (Fsp3) is 0.357. The van der Waals surface area contributed by atoms with E-state index in [0.29, 0.717) is 0 Å². The molecule has 0 bridgehead atoms. The van der Waals surface area contributed by atoms with Crippen molar-refractivity contribution in [3.8, 4) is 0 Å². The Balaban J connectivity index is 2.25. The quantitative estimate of drug-likeness (QED) is 0.388. The molecule has 0 radical (unpaired) electrons. The van der Waals surface area contributed by atoms with E-state index in [-0.39, 0.29) is 11.7 Å². The van der Waals surface area contributed by atoms with E-state index in [1.165, 1.54) is 19.4 Å². The van der Waals surface area contributed by atoms with Crippen LogP contribution in [0.2, 0.25) is 0 Å². The highest BCUT2D eigenvalue weighted by atomic mass is 35.5. The molecule has 2 rings (SSSR count). The van der Waals surface area contributed by atoms with Gasteiger partial charge in [0.15, 0.2) is 11.4 Å². The second kappa shape index (κ2) is 6.52. The summed E-state index contributed by atoms with van der Waals surface area (Å²) in [5.41, 5.74) is 0.754. The molecule has 22 heavy (non-hydrogen) atoms. The number of benzene rings is 1. The number of ether oxygens (including phenoxy) is 1. The summed E-state index contributed by atoms with van der Waals surface area (Å²) in [6, 6.07) is 9.24. The van der Waals surface area contributed by atoms with Gasteiger partial charge < -0.3 is 4.74 Å². The van der Waals surface area contributed by atoms with Gasteiger partial charge in [0, 0.05) is 6.92 Å². The molecule has 8 heteroatoms. The number of nitrogens with one attached hydrogen (secondary N) is 1. The number of hydrogen-bond donors (Lipinski definition) is 1. The Bertz CT molecular complexity index is 653. The van der Waals surface area contributed by atoms with Crippen LogP contribution < -0.4 is 0 Å². The highest BCUT2D eigenvalue weighted by Crippen LogP contribution is 2.50. The summed E-state index contributed by atoms with van der Waals surface area (Å²) in [5, 5.41) is 7.27. The van der Waals surface area contributed by atoms with Crippen molar-refractivity contribution in [3.63, 3.8) is 0 Å². The number of carbonyl (C=O) groups is 1. The molecule has 0 saturated carbocycles. The molecule has 0 amide bonds. The average molecular weight is 359 g/mol. The summed E-state index contributed by atoms with van der Waals surface area (Å²) in [6.45, 7) is 2.81. The molecule has 5 nitrogen and oxygen atoms in total. The summed E-state index contributed by atoms with van der Waals surface area (Å²) >= 11 is 7.56. The Morgan fingerprint density at radius 3 is 2.68 bits per heavy atom. The zero-order chi connectivity index (χ0) is 16.4. The van der Waals surface area contributed by atoms with Crippen LogP contribution in [0.15, 0.2) is 35.3 Å². The summed E-state index contributed by atoms with van der Waals surface area (Å²) in [4.78, 5) is 16.3. The van der Waals surface area contributed by atoms with Gasteiger partial charge in [0.25, 0.3) is 0 Å². The maximum Gasteiger partial charge on any atom is 0.343 e. The molecule has 0 spiro atoms. The lowest BCUT2D eigenvalue weighted by Crippen LogP contribution is -2.51. The first-order valence-electron chi connectivity index (χ1n) is 6.40. The van der Waals surface area contributed by atoms with Gasteiger partial charge in [-0.1, -0.05) is 53.7 Å². The molecule has 1 heterocycles. The predicted octanol–water partition coefficient (Wildman–Crippen LogP) is 2.90. The number of hydrogen-bond acceptors (Lipinski definition) is 6. The van der Waals surface area contributed by atoms with Gasteiger partial charge in [-0.25, -0.2) is 4.79 Å². The second-order valence-corrected chi connectivity index (χ2v) is 8.81. The van der Waals surface area contributed by atoms with Crippen molar-refractivity contribution in [1.29, 1.82) is 5.41 Å². The summed E-state index contributed by atoms with van der Waals surface area (Å²) < 4.78 is 16.1. The van der Waals surface area contributed by atoms with Crippen LogP contribution in [-0.4, -0.2) is 30.7 Å². The van der Waals surface area contributed by atoms with Crippen LogP contribution in [0, 0.1) is 5.41 Å². The molecule has 118 valence electrons. The fourth-order valence-corrected chi connectivity index (χ4v) is 5.07. The lowest BCUT2D eigenvalue weighted by Gasteiger charge is -2.32. The van der Waals surface area contributed by atoms with Crippen LogP contribution in [0.25, 0.3) is 0 Å². The third kappa shape index (κ3) is 3.11. The number of alkyl halides is 1. The largest absolute Gasteiger partial charge is 0.411 e. The first kappa shape index (κ1) is 17.2. The highest BCUT2D eigenvalue weighted by molar-refractivity contribution is 8.23. The predicted molar refractivity (Wildman–Crippen MR) is 90.9 cm³/mol. The first-order valence-corrected chi connectivity index (χ1v) is 8.97. The number of esters is 1. The third-order valence-corrected chi connectivity index (χ3v) is 7.66. The van der Waals surface area contributed by atoms with Crippen LogP contribution in [0.5, 0.6) is 0 Å². The summed E-state index contributed by atoms with van der Waals surface area (Å²) in [7, 11) is -1.58. The number of carbonyl (C=O) groups excluding carboxylic acids is 1. The lowest BCUT2D eigenvalue weighted by atomic mass is 10.1. The van der Waals surface area contributed by atoms with E-state index in [9.17, 15) is 9.00 Å². The third-order valence-electron chi connectivity index (χ3n) is 3.17. The van der Waals surface area contributed by atoms with Crippen molar-refractivity contribution in [2.24, 2.45) is 4.99 Å². The molecule has 1 aliphatic rings. The zero-order valence-electron chi connectivity index (χ0n) is 12.0. The molecular formula is C14H15ClN2O3S2. The smallest absolute Gasteiger partial charge is 0.343 e. The zero-order valence-corrected chi connectivity index (χ0v) is 14.4. The van der Waals surface area contributed by atoms with E-state index < -0.39 is 25.8 Å². The topological polar surface area (TPSA) is 79.6 Å². The van der Waals surface area contributed by atoms with Gasteiger partial charge in [0.2, 0.25) is 3.54 Å². The van der Waals surface area contributed by atoms with Crippen molar-refractivity contribution in [2.75, 3.05) is 0 Å². The molecule has 0 saturated heterocycles. The molecule has 1 N–H and O–H groups in total. The molecule has 1 aromatic rings. The van der Waals surface area contributed by atoms with Crippen LogP contribution in [-0.2, 0) is 26.1 Å². The number of nitrogens with zero attached hydrogens (tertiary/aromatic N) is 1. The molecule has 1 aliphatic heterocycles. The van der Waals surface area contributed by atoms with Crippen LogP contribution in [0.4, 0.5) is 0 Å². The van der Waals surface area contributed by atoms with E-state index in [2.05, 4.69) is 4.99 Å². The normalized spacial score (nSPS) is 28.3. The number of thioether (sulfide) groups is 1. The lowest BCUT2D eigenvalue weighted by molar-refractivity contribution is -0.140. The Kier molecular flexibility index (Phi) is 5.09. The molecule has 3 unspecified atom stereocenters. The molecule has 0 aromatic heterocycles. The van der Waals surface area contributed by atoms with Crippen molar-refractivity contribution >= 4 is 51.6 Å². The van der Waals surface area contributed by atoms with Gasteiger partial charge in [-0.15, -0.1) is 0 Å². The van der Waals surface area contributed by atoms with Crippen LogP contribution >= 0.6 is 23.4 Å². The van der Waals surface area contributed by atoms with E-state index in [1.54, 1.807) is 0 Å². The van der Waals surface area contributed by atoms with E-state index >= 15 is 0 Å². The first-order chi connectivity index (χ1) is 10.3. The minimum atomic E-state index is -1.58. The Morgan fingerprint density at radius 2 is 2.09 bits per heavy atom. The Morgan fingerprint density at radius 1 is 1.45 bits per heavy atom. The number of halogens is 1. The van der Waals surface area contributed by atoms with Crippen molar-refractivity contribution in [1.82, 2.24) is 0 Å². The standard InChI is InChI=1S/C14H15ClN2O3S2/c1-10(16)20-12(18)13(2)14(15,21-9-17-13)22(19)8-11-6-4-3-5-7-11/h3-7,9,16H,8H2,1-2H3. The molecule has 0 aliphatic carbocycles. The molecule has 1 aromatic carbocycles. The maximum atomic E-state index is 12.8. The van der Waals surface area contributed by atoms with Gasteiger partial charge >= 0.3 is 5.97 Å². The van der Waals surface area contributed by atoms with Crippen molar-refractivity contribution in [2.45, 2.75) is 28.7 Å². The fourth-order valence-electron chi connectivity index (χ4n) is 1.90. The van der Waals surface area contributed by atoms with Crippen LogP contribution in [0.3, 0.4) is 0 Å². The minimum Gasteiger partial charge on any atom is -0.411 e. The molecule has 0 fully saturated rings. The van der Waals surface area contributed by atoms with E-state index in [4.69, 9.17) is 21.7 Å². The SMILES string of the molecule is CC(=N)OC(=O)C1(C)N=CSC1(Cl)S(=O)Cc1ccccc1. The monoisotopic (exact) mass is 358 g/mol. The summed E-state index contributed by atoms with van der Waals surface area (Å²) in [6.07, 6.45) is 0. The Labute approximate surface area is 140 Å². The van der Waals surface area contributed by atoms with Gasteiger partial charge in [0.05, 0.1) is 22.1 Å². The van der Waals surface area contributed by atoms with Crippen molar-refractivity contribution in [3.05, 3.63) is 35.9 Å². The van der Waals surface area contributed by atoms with E-state index in [0.717, 1.165) is 17.3 Å². The van der Waals surface area contributed by atoms with Crippen LogP contribution in [0.1, 0.15) is 19.4 Å². The average Bonchev–Trinajstić information content (AvgIpc) is 2.77. The Hall–Kier alpha value is -1.18. The van der Waals surface area contributed by atoms with Gasteiger partial charge in [-0.05, 0) is 12.5 Å². The number of rotatable bonds is 4.